The van der Waals surface area contributed by atoms with E-state index in [-0.39, 0.29) is 16.7 Å². The smallest absolute Gasteiger partial charge is 0.0583 e. The number of benzene rings is 5. The number of fused-ring (bicyclic) bond motifs is 3. The van der Waals surface area contributed by atoms with Gasteiger partial charge in [0.25, 0.3) is 0 Å². The third-order valence-corrected chi connectivity index (χ3v) is 13.0. The molecule has 0 amide bonds. The average Bonchev–Trinajstić information content (AvgIpc) is 3.51. The molecule has 252 valence electrons. The van der Waals surface area contributed by atoms with Gasteiger partial charge in [0.2, 0.25) is 0 Å². The van der Waals surface area contributed by atoms with Crippen molar-refractivity contribution in [2.45, 2.75) is 50.9 Å². The predicted molar refractivity (Wildman–Crippen MR) is 218 cm³/mol. The van der Waals surface area contributed by atoms with Crippen LogP contribution < -0.4 is 4.90 Å². The molecule has 52 heavy (non-hydrogen) atoms. The Morgan fingerprint density at radius 1 is 0.635 bits per heavy atom. The van der Waals surface area contributed by atoms with Crippen LogP contribution in [0.25, 0.3) is 33.6 Å². The Balaban J connectivity index is 1.19. The molecule has 0 fully saturated rings. The third-order valence-electron chi connectivity index (χ3n) is 13.0. The van der Waals surface area contributed by atoms with Crippen molar-refractivity contribution in [3.8, 4) is 5.69 Å². The third kappa shape index (κ3) is 3.90. The van der Waals surface area contributed by atoms with Crippen LogP contribution in [0, 0.1) is 11.8 Å². The van der Waals surface area contributed by atoms with Gasteiger partial charge in [0.1, 0.15) is 0 Å². The molecule has 3 unspecified atom stereocenters. The van der Waals surface area contributed by atoms with Gasteiger partial charge in [-0.3, -0.25) is 0 Å². The molecule has 1 aromatic heterocycles. The molecule has 2 nitrogen and oxygen atoms in total. The van der Waals surface area contributed by atoms with E-state index >= 15 is 0 Å². The summed E-state index contributed by atoms with van der Waals surface area (Å²) in [7, 11) is 0. The Morgan fingerprint density at radius 3 is 2.25 bits per heavy atom. The molecule has 2 heteroatoms. The summed E-state index contributed by atoms with van der Waals surface area (Å²) in [4.78, 5) is 2.59. The van der Waals surface area contributed by atoms with E-state index in [2.05, 4.69) is 189 Å². The van der Waals surface area contributed by atoms with Crippen LogP contribution in [0.4, 0.5) is 11.4 Å². The zero-order valence-corrected chi connectivity index (χ0v) is 30.3. The lowest BCUT2D eigenvalue weighted by Crippen LogP contribution is -2.33. The first-order valence-corrected chi connectivity index (χ1v) is 19.0. The Bertz CT molecular complexity index is 2680. The van der Waals surface area contributed by atoms with Gasteiger partial charge in [0.05, 0.1) is 16.7 Å². The highest BCUT2D eigenvalue weighted by atomic mass is 15.2. The van der Waals surface area contributed by atoms with Gasteiger partial charge >= 0.3 is 0 Å². The second-order valence-electron chi connectivity index (χ2n) is 16.5. The Labute approximate surface area is 306 Å². The van der Waals surface area contributed by atoms with E-state index in [1.54, 1.807) is 0 Å². The van der Waals surface area contributed by atoms with E-state index in [1.165, 1.54) is 83.5 Å². The van der Waals surface area contributed by atoms with Crippen LogP contribution in [0.15, 0.2) is 151 Å². The van der Waals surface area contributed by atoms with Crippen molar-refractivity contribution in [3.63, 3.8) is 0 Å². The van der Waals surface area contributed by atoms with Gasteiger partial charge in [-0.2, -0.15) is 0 Å². The van der Waals surface area contributed by atoms with Crippen LogP contribution in [0.1, 0.15) is 79.0 Å². The molecule has 11 rings (SSSR count). The van der Waals surface area contributed by atoms with Crippen molar-refractivity contribution >= 4 is 39.3 Å². The highest BCUT2D eigenvalue weighted by molar-refractivity contribution is 6.15. The minimum Gasteiger partial charge on any atom is -0.314 e. The maximum Gasteiger partial charge on any atom is 0.0583 e. The first kappa shape index (κ1) is 30.1. The minimum absolute atomic E-state index is 0.0971. The molecule has 0 spiro atoms. The quantitative estimate of drug-likeness (QED) is 0.181. The molecule has 3 atom stereocenters. The predicted octanol–water partition coefficient (Wildman–Crippen LogP) is 12.6. The molecule has 5 aliphatic rings. The second-order valence-corrected chi connectivity index (χ2v) is 16.5. The fraction of sp³-hybridized carbons (Fsp3) is 0.200. The van der Waals surface area contributed by atoms with Crippen molar-refractivity contribution in [3.05, 3.63) is 190 Å². The summed E-state index contributed by atoms with van der Waals surface area (Å²) in [6.07, 6.45) is 21.8. The molecule has 0 radical (unpaired) electrons. The van der Waals surface area contributed by atoms with Crippen LogP contribution in [-0.4, -0.2) is 4.57 Å². The molecule has 3 heterocycles. The first-order valence-electron chi connectivity index (χ1n) is 19.0. The van der Waals surface area contributed by atoms with Gasteiger partial charge in [-0.25, -0.2) is 0 Å². The molecule has 0 saturated heterocycles. The largest absolute Gasteiger partial charge is 0.314 e. The summed E-state index contributed by atoms with van der Waals surface area (Å²) < 4.78 is 2.63. The van der Waals surface area contributed by atoms with E-state index in [4.69, 9.17) is 0 Å². The standard InChI is InChI=1S/C50H42N2/c1-49(2)41-24-12-23-39-40-29-35(30-44-47(40)52(46(39)41)48-42(49)25-13-26-43(48)50(44,3)4)51(45-27-11-17-32-15-6-8-21-38(32)45)34-19-9-18-33(28-34)37-22-10-16-31-14-5-7-20-36(31)37/h5-21,23-30,32,37-38H,22H2,1-4H3. The van der Waals surface area contributed by atoms with E-state index < -0.39 is 0 Å². The van der Waals surface area contributed by atoms with Crippen LogP contribution in [-0.2, 0) is 10.8 Å². The van der Waals surface area contributed by atoms with Crippen molar-refractivity contribution in [2.24, 2.45) is 11.8 Å². The number of rotatable bonds is 4. The molecule has 6 aromatic rings. The lowest BCUT2D eigenvalue weighted by atomic mass is 9.68. The number of hydrogen-bond donors (Lipinski definition) is 0. The van der Waals surface area contributed by atoms with E-state index in [0.717, 1.165) is 6.42 Å². The van der Waals surface area contributed by atoms with Crippen LogP contribution in [0.5, 0.6) is 0 Å². The zero-order chi connectivity index (χ0) is 34.9. The van der Waals surface area contributed by atoms with Crippen molar-refractivity contribution in [1.82, 2.24) is 4.57 Å². The van der Waals surface area contributed by atoms with Gasteiger partial charge in [-0.1, -0.05) is 149 Å². The minimum atomic E-state index is -0.194. The first-order chi connectivity index (χ1) is 25.3. The SMILES string of the molecule is CC1(C)c2cccc3c2-n2c4c1cccc4c1cc(N(C4=CC=CC5C=CC=CC45)c4cccc(C5CC=Cc6ccccc65)c4)cc(c12)C3(C)C. The van der Waals surface area contributed by atoms with Gasteiger partial charge in [0.15, 0.2) is 0 Å². The highest BCUT2D eigenvalue weighted by Crippen LogP contribution is 2.56. The van der Waals surface area contributed by atoms with Gasteiger partial charge in [0, 0.05) is 56.4 Å². The Hall–Kier alpha value is -5.60. The maximum absolute atomic E-state index is 2.63. The molecule has 2 aliphatic heterocycles. The second kappa shape index (κ2) is 10.5. The van der Waals surface area contributed by atoms with Gasteiger partial charge < -0.3 is 9.47 Å². The van der Waals surface area contributed by atoms with E-state index in [1.807, 2.05) is 0 Å². The molecular weight excluding hydrogens is 629 g/mol. The lowest BCUT2D eigenvalue weighted by Gasteiger charge is -2.42. The molecule has 0 bridgehead atoms. The number of hydrogen-bond acceptors (Lipinski definition) is 1. The highest BCUT2D eigenvalue weighted by Gasteiger charge is 2.44. The zero-order valence-electron chi connectivity index (χ0n) is 30.3. The number of anilines is 2. The van der Waals surface area contributed by atoms with Crippen LogP contribution >= 0.6 is 0 Å². The molecule has 3 aliphatic carbocycles. The number of para-hydroxylation sites is 2. The van der Waals surface area contributed by atoms with Gasteiger partial charge in [-0.05, 0) is 75.7 Å². The fourth-order valence-corrected chi connectivity index (χ4v) is 10.4. The summed E-state index contributed by atoms with van der Waals surface area (Å²) in [5, 5.41) is 2.68. The summed E-state index contributed by atoms with van der Waals surface area (Å²) in [5.74, 6) is 0.898. The normalized spacial score (nSPS) is 22.1. The molecule has 5 aromatic carbocycles. The Morgan fingerprint density at radius 2 is 1.37 bits per heavy atom. The van der Waals surface area contributed by atoms with Crippen LogP contribution in [0.2, 0.25) is 0 Å². The number of allylic oxidation sites excluding steroid dienone is 8. The topological polar surface area (TPSA) is 8.17 Å². The maximum atomic E-state index is 2.63. The molecule has 0 saturated carbocycles. The summed E-state index contributed by atoms with van der Waals surface area (Å²) in [6, 6.07) is 37.4. The fourth-order valence-electron chi connectivity index (χ4n) is 10.4. The lowest BCUT2D eigenvalue weighted by molar-refractivity contribution is 0.593. The van der Waals surface area contributed by atoms with Gasteiger partial charge in [-0.15, -0.1) is 0 Å². The number of aromatic nitrogens is 1. The molecular formula is C50H42N2. The van der Waals surface area contributed by atoms with E-state index in [0.29, 0.717) is 11.8 Å². The monoisotopic (exact) mass is 670 g/mol. The molecule has 0 N–H and O–H groups in total. The van der Waals surface area contributed by atoms with Crippen molar-refractivity contribution in [2.75, 3.05) is 4.90 Å². The average molecular weight is 671 g/mol. The number of nitrogens with zero attached hydrogens (tertiary/aromatic N) is 2. The van der Waals surface area contributed by atoms with Crippen molar-refractivity contribution in [1.29, 1.82) is 0 Å². The summed E-state index contributed by atoms with van der Waals surface area (Å²) >= 11 is 0. The Kier molecular flexibility index (Phi) is 6.06. The van der Waals surface area contributed by atoms with Crippen LogP contribution in [0.3, 0.4) is 0 Å². The summed E-state index contributed by atoms with van der Waals surface area (Å²) in [6.45, 7) is 9.70. The van der Waals surface area contributed by atoms with Crippen molar-refractivity contribution < 1.29 is 0 Å². The summed E-state index contributed by atoms with van der Waals surface area (Å²) in [5.41, 5.74) is 17.3. The van der Waals surface area contributed by atoms with E-state index in [9.17, 15) is 0 Å².